The number of hydrogen-bond donors (Lipinski definition) is 7. The van der Waals surface area contributed by atoms with E-state index in [4.69, 9.17) is 17.2 Å². The summed E-state index contributed by atoms with van der Waals surface area (Å²) in [5.41, 5.74) is 16.3. The fraction of sp³-hybridized carbons (Fsp3) is 0.750. The standard InChI is InChI=1S/C20H37N7O6S/c1-11(28)15(21)17(30)25-12(5-3-8-24-20(22)23)16(29)26-13(7-10-34-2)18(31)27-9-4-6-14(27)19(32)33/h11-15,28H,3-10,21H2,1-2H3,(H,25,30)(H,26,29)(H,32,33)(H4,22,23,24). The minimum Gasteiger partial charge on any atom is -0.480 e. The van der Waals surface area contributed by atoms with Crippen LogP contribution in [0.4, 0.5) is 0 Å². The number of hydrogen-bond acceptors (Lipinski definition) is 8. The molecule has 1 fully saturated rings. The average Bonchev–Trinajstić information content (AvgIpc) is 3.27. The number of rotatable bonds is 14. The summed E-state index contributed by atoms with van der Waals surface area (Å²) in [6, 6.07) is -4.20. The van der Waals surface area contributed by atoms with Crippen molar-refractivity contribution in [2.45, 2.75) is 69.3 Å². The molecule has 10 N–H and O–H groups in total. The smallest absolute Gasteiger partial charge is 0.326 e. The molecule has 0 radical (unpaired) electrons. The van der Waals surface area contributed by atoms with Gasteiger partial charge in [-0.1, -0.05) is 0 Å². The van der Waals surface area contributed by atoms with E-state index < -0.39 is 54.0 Å². The van der Waals surface area contributed by atoms with Crippen molar-refractivity contribution in [3.05, 3.63) is 0 Å². The highest BCUT2D eigenvalue weighted by Crippen LogP contribution is 2.20. The number of likely N-dealkylation sites (tertiary alicyclic amines) is 1. The summed E-state index contributed by atoms with van der Waals surface area (Å²) in [6.45, 7) is 1.86. The topological polar surface area (TPSA) is 226 Å². The fourth-order valence-corrected chi connectivity index (χ4v) is 3.98. The first-order chi connectivity index (χ1) is 16.0. The van der Waals surface area contributed by atoms with E-state index in [0.29, 0.717) is 31.6 Å². The van der Waals surface area contributed by atoms with Crippen molar-refractivity contribution in [3.8, 4) is 0 Å². The van der Waals surface area contributed by atoms with Gasteiger partial charge in [0.25, 0.3) is 0 Å². The third kappa shape index (κ3) is 9.35. The first-order valence-electron chi connectivity index (χ1n) is 11.1. The van der Waals surface area contributed by atoms with Gasteiger partial charge in [0, 0.05) is 13.1 Å². The van der Waals surface area contributed by atoms with E-state index in [1.54, 1.807) is 0 Å². The number of nitrogens with one attached hydrogen (secondary N) is 2. The predicted molar refractivity (Wildman–Crippen MR) is 129 cm³/mol. The molecular weight excluding hydrogens is 466 g/mol. The number of aliphatic hydroxyl groups is 1. The second kappa shape index (κ2) is 14.6. The van der Waals surface area contributed by atoms with Gasteiger partial charge in [0.1, 0.15) is 24.2 Å². The van der Waals surface area contributed by atoms with Gasteiger partial charge in [-0.05, 0) is 51.0 Å². The molecule has 1 rings (SSSR count). The summed E-state index contributed by atoms with van der Waals surface area (Å²) in [5, 5.41) is 24.2. The monoisotopic (exact) mass is 503 g/mol. The normalized spacial score (nSPS) is 18.9. The highest BCUT2D eigenvalue weighted by Gasteiger charge is 2.38. The molecule has 1 saturated heterocycles. The zero-order valence-electron chi connectivity index (χ0n) is 19.6. The van der Waals surface area contributed by atoms with Gasteiger partial charge in [-0.3, -0.25) is 19.4 Å². The van der Waals surface area contributed by atoms with Crippen molar-refractivity contribution in [2.75, 3.05) is 25.1 Å². The zero-order chi connectivity index (χ0) is 25.8. The number of carboxylic acid groups (broad SMARTS) is 1. The summed E-state index contributed by atoms with van der Waals surface area (Å²) in [4.78, 5) is 55.3. The molecule has 14 heteroatoms. The van der Waals surface area contributed by atoms with Crippen LogP contribution in [0.5, 0.6) is 0 Å². The Balaban J connectivity index is 3.00. The molecule has 1 heterocycles. The minimum absolute atomic E-state index is 0.109. The Hall–Kier alpha value is -2.58. The molecule has 1 aliphatic heterocycles. The summed E-state index contributed by atoms with van der Waals surface area (Å²) in [7, 11) is 0. The predicted octanol–water partition coefficient (Wildman–Crippen LogP) is -2.45. The van der Waals surface area contributed by atoms with E-state index in [1.165, 1.54) is 23.6 Å². The van der Waals surface area contributed by atoms with E-state index >= 15 is 0 Å². The third-order valence-electron chi connectivity index (χ3n) is 5.45. The van der Waals surface area contributed by atoms with Gasteiger partial charge in [-0.2, -0.15) is 11.8 Å². The van der Waals surface area contributed by atoms with Gasteiger partial charge in [-0.25, -0.2) is 4.79 Å². The molecule has 0 spiro atoms. The van der Waals surface area contributed by atoms with Crippen LogP contribution in [0.1, 0.15) is 39.0 Å². The van der Waals surface area contributed by atoms with Crippen LogP contribution in [0.3, 0.4) is 0 Å². The van der Waals surface area contributed by atoms with E-state index in [1.807, 2.05) is 6.26 Å². The van der Waals surface area contributed by atoms with E-state index in [9.17, 15) is 29.4 Å². The van der Waals surface area contributed by atoms with Gasteiger partial charge >= 0.3 is 5.97 Å². The van der Waals surface area contributed by atoms with Crippen molar-refractivity contribution >= 4 is 41.4 Å². The number of guanidine groups is 1. The van der Waals surface area contributed by atoms with Gasteiger partial charge in [-0.15, -0.1) is 0 Å². The molecule has 0 bridgehead atoms. The molecule has 0 aliphatic carbocycles. The number of nitrogens with zero attached hydrogens (tertiary/aromatic N) is 2. The third-order valence-corrected chi connectivity index (χ3v) is 6.09. The van der Waals surface area contributed by atoms with Crippen LogP contribution in [-0.4, -0.2) is 100 Å². The number of aliphatic carboxylic acids is 1. The number of carboxylic acids is 1. The van der Waals surface area contributed by atoms with Gasteiger partial charge in [0.15, 0.2) is 5.96 Å². The molecule has 0 aromatic carbocycles. The molecule has 194 valence electrons. The maximum Gasteiger partial charge on any atom is 0.326 e. The van der Waals surface area contributed by atoms with Crippen LogP contribution in [0.25, 0.3) is 0 Å². The van der Waals surface area contributed by atoms with E-state index in [-0.39, 0.29) is 25.3 Å². The second-order valence-electron chi connectivity index (χ2n) is 8.15. The lowest BCUT2D eigenvalue weighted by Crippen LogP contribution is -2.58. The van der Waals surface area contributed by atoms with Crippen LogP contribution in [0.2, 0.25) is 0 Å². The molecule has 5 unspecified atom stereocenters. The summed E-state index contributed by atoms with van der Waals surface area (Å²) in [6.07, 6.45) is 2.41. The molecule has 0 aromatic rings. The largest absolute Gasteiger partial charge is 0.480 e. The number of aliphatic imine (C=N–C) groups is 1. The maximum atomic E-state index is 13.1. The van der Waals surface area contributed by atoms with Gasteiger partial charge < -0.3 is 42.9 Å². The Labute approximate surface area is 203 Å². The lowest BCUT2D eigenvalue weighted by Gasteiger charge is -2.29. The molecule has 3 amide bonds. The number of carbonyl (C=O) groups is 4. The lowest BCUT2D eigenvalue weighted by molar-refractivity contribution is -0.149. The summed E-state index contributed by atoms with van der Waals surface area (Å²) in [5.74, 6) is -2.47. The van der Waals surface area contributed by atoms with Crippen LogP contribution < -0.4 is 27.8 Å². The van der Waals surface area contributed by atoms with Crippen molar-refractivity contribution in [2.24, 2.45) is 22.2 Å². The van der Waals surface area contributed by atoms with E-state index in [2.05, 4.69) is 15.6 Å². The number of carbonyl (C=O) groups excluding carboxylic acids is 3. The molecule has 0 aromatic heterocycles. The SMILES string of the molecule is CSCCC(NC(=O)C(CCCN=C(N)N)NC(=O)C(N)C(C)O)C(=O)N1CCCC1C(=O)O. The molecule has 5 atom stereocenters. The minimum atomic E-state index is -1.25. The first kappa shape index (κ1) is 29.5. The Morgan fingerprint density at radius 3 is 2.35 bits per heavy atom. The van der Waals surface area contributed by atoms with Crippen LogP contribution >= 0.6 is 11.8 Å². The van der Waals surface area contributed by atoms with Crippen LogP contribution in [0, 0.1) is 0 Å². The summed E-state index contributed by atoms with van der Waals surface area (Å²) >= 11 is 1.48. The summed E-state index contributed by atoms with van der Waals surface area (Å²) < 4.78 is 0. The Morgan fingerprint density at radius 1 is 1.15 bits per heavy atom. The van der Waals surface area contributed by atoms with Crippen molar-refractivity contribution in [3.63, 3.8) is 0 Å². The molecule has 0 saturated carbocycles. The molecule has 13 nitrogen and oxygen atoms in total. The first-order valence-corrected chi connectivity index (χ1v) is 12.5. The van der Waals surface area contributed by atoms with Crippen molar-refractivity contribution in [1.82, 2.24) is 15.5 Å². The second-order valence-corrected chi connectivity index (χ2v) is 9.13. The number of aliphatic hydroxyl groups excluding tert-OH is 1. The van der Waals surface area contributed by atoms with Crippen LogP contribution in [0.15, 0.2) is 4.99 Å². The van der Waals surface area contributed by atoms with Crippen molar-refractivity contribution < 1.29 is 29.4 Å². The fourth-order valence-electron chi connectivity index (χ4n) is 3.51. The quantitative estimate of drug-likeness (QED) is 0.0751. The lowest BCUT2D eigenvalue weighted by atomic mass is 10.1. The number of thioether (sulfide) groups is 1. The number of amides is 3. The van der Waals surface area contributed by atoms with Gasteiger partial charge in [0.2, 0.25) is 17.7 Å². The Morgan fingerprint density at radius 2 is 1.79 bits per heavy atom. The van der Waals surface area contributed by atoms with E-state index in [0.717, 1.165) is 0 Å². The van der Waals surface area contributed by atoms with Crippen molar-refractivity contribution in [1.29, 1.82) is 0 Å². The maximum absolute atomic E-state index is 13.1. The number of nitrogens with two attached hydrogens (primary N) is 3. The van der Waals surface area contributed by atoms with Crippen LogP contribution in [-0.2, 0) is 19.2 Å². The Bertz CT molecular complexity index is 747. The molecule has 1 aliphatic rings. The van der Waals surface area contributed by atoms with Gasteiger partial charge in [0.05, 0.1) is 6.10 Å². The Kier molecular flexibility index (Phi) is 12.7. The zero-order valence-corrected chi connectivity index (χ0v) is 20.4. The highest BCUT2D eigenvalue weighted by atomic mass is 32.2. The molecular formula is C20H37N7O6S. The average molecular weight is 504 g/mol. The molecule has 34 heavy (non-hydrogen) atoms. The highest BCUT2D eigenvalue weighted by molar-refractivity contribution is 7.98.